The molecule has 6 heteroatoms. The maximum atomic E-state index is 12.6. The second-order valence-corrected chi connectivity index (χ2v) is 8.21. The quantitative estimate of drug-likeness (QED) is 0.870. The van der Waals surface area contributed by atoms with Gasteiger partial charge in [0, 0.05) is 44.8 Å². The summed E-state index contributed by atoms with van der Waals surface area (Å²) in [4.78, 5) is 31.1. The van der Waals surface area contributed by atoms with Crippen molar-refractivity contribution in [1.29, 1.82) is 0 Å². The summed E-state index contributed by atoms with van der Waals surface area (Å²) in [6.45, 7) is 9.30. The number of benzene rings is 1. The van der Waals surface area contributed by atoms with E-state index in [0.29, 0.717) is 37.0 Å². The first-order chi connectivity index (χ1) is 12.9. The van der Waals surface area contributed by atoms with E-state index in [0.717, 1.165) is 26.2 Å². The SMILES string of the molecule is C[C@@H]1C[C@@H](C)CN(C(=O)CN2CCN(C(=O)Cc3ccccc3O)CC2)C1. The average Bonchev–Trinajstić information content (AvgIpc) is 2.63. The second-order valence-electron chi connectivity index (χ2n) is 8.21. The zero-order valence-corrected chi connectivity index (χ0v) is 16.4. The molecule has 0 aromatic heterocycles. The smallest absolute Gasteiger partial charge is 0.236 e. The molecule has 0 radical (unpaired) electrons. The first-order valence-corrected chi connectivity index (χ1v) is 9.97. The number of carbonyl (C=O) groups is 2. The number of rotatable bonds is 4. The lowest BCUT2D eigenvalue weighted by Crippen LogP contribution is -2.53. The average molecular weight is 373 g/mol. The van der Waals surface area contributed by atoms with Crippen molar-refractivity contribution in [2.45, 2.75) is 26.7 Å². The van der Waals surface area contributed by atoms with Gasteiger partial charge < -0.3 is 14.9 Å². The van der Waals surface area contributed by atoms with Crippen LogP contribution in [0.1, 0.15) is 25.8 Å². The largest absolute Gasteiger partial charge is 0.508 e. The van der Waals surface area contributed by atoms with Crippen LogP contribution in [0, 0.1) is 11.8 Å². The summed E-state index contributed by atoms with van der Waals surface area (Å²) in [5, 5.41) is 9.84. The standard InChI is InChI=1S/C21H31N3O3/c1-16-11-17(2)14-24(13-16)21(27)15-22-7-9-23(10-8-22)20(26)12-18-5-3-4-6-19(18)25/h3-6,16-17,25H,7-15H2,1-2H3/t16-,17-/m1/s1. The molecule has 0 unspecified atom stereocenters. The van der Waals surface area contributed by atoms with Crippen molar-refractivity contribution in [2.24, 2.45) is 11.8 Å². The summed E-state index contributed by atoms with van der Waals surface area (Å²) < 4.78 is 0. The Kier molecular flexibility index (Phi) is 6.37. The van der Waals surface area contributed by atoms with Crippen LogP contribution in [0.3, 0.4) is 0 Å². The summed E-state index contributed by atoms with van der Waals surface area (Å²) in [6, 6.07) is 6.97. The fourth-order valence-corrected chi connectivity index (χ4v) is 4.25. The number of likely N-dealkylation sites (tertiary alicyclic amines) is 1. The molecule has 0 saturated carbocycles. The van der Waals surface area contributed by atoms with E-state index < -0.39 is 0 Å². The van der Waals surface area contributed by atoms with E-state index >= 15 is 0 Å². The molecule has 1 aromatic carbocycles. The van der Waals surface area contributed by atoms with Crippen LogP contribution in [0.4, 0.5) is 0 Å². The molecule has 2 heterocycles. The van der Waals surface area contributed by atoms with Crippen LogP contribution in [0.5, 0.6) is 5.75 Å². The second kappa shape index (κ2) is 8.74. The Bertz CT molecular complexity index is 660. The van der Waals surface area contributed by atoms with Crippen LogP contribution in [-0.4, -0.2) is 77.4 Å². The van der Waals surface area contributed by atoms with Gasteiger partial charge in [-0.25, -0.2) is 0 Å². The van der Waals surface area contributed by atoms with Crippen LogP contribution in [0.25, 0.3) is 0 Å². The van der Waals surface area contributed by atoms with Gasteiger partial charge in [-0.05, 0) is 24.3 Å². The molecule has 148 valence electrons. The first-order valence-electron chi connectivity index (χ1n) is 9.97. The number of amides is 2. The van der Waals surface area contributed by atoms with Crippen LogP contribution >= 0.6 is 0 Å². The predicted octanol–water partition coefficient (Wildman–Crippen LogP) is 1.58. The van der Waals surface area contributed by atoms with Crippen LogP contribution < -0.4 is 0 Å². The number of nitrogens with zero attached hydrogens (tertiary/aromatic N) is 3. The van der Waals surface area contributed by atoms with Crippen molar-refractivity contribution in [1.82, 2.24) is 14.7 Å². The molecule has 2 saturated heterocycles. The molecule has 27 heavy (non-hydrogen) atoms. The molecule has 0 aliphatic carbocycles. The van der Waals surface area contributed by atoms with Gasteiger partial charge >= 0.3 is 0 Å². The predicted molar refractivity (Wildman–Crippen MR) is 104 cm³/mol. The number of para-hydroxylation sites is 1. The summed E-state index contributed by atoms with van der Waals surface area (Å²) in [5.74, 6) is 1.55. The van der Waals surface area contributed by atoms with E-state index in [2.05, 4.69) is 18.7 Å². The minimum atomic E-state index is 0.0288. The van der Waals surface area contributed by atoms with E-state index in [-0.39, 0.29) is 24.0 Å². The number of piperazine rings is 1. The minimum Gasteiger partial charge on any atom is -0.508 e. The lowest BCUT2D eigenvalue weighted by molar-refractivity contribution is -0.136. The molecule has 3 rings (SSSR count). The topological polar surface area (TPSA) is 64.1 Å². The Labute approximate surface area is 161 Å². The fourth-order valence-electron chi connectivity index (χ4n) is 4.25. The number of phenols is 1. The normalized spacial score (nSPS) is 24.1. The fraction of sp³-hybridized carbons (Fsp3) is 0.619. The third-order valence-corrected chi connectivity index (χ3v) is 5.64. The van der Waals surface area contributed by atoms with Crippen molar-refractivity contribution in [3.05, 3.63) is 29.8 Å². The summed E-state index contributed by atoms with van der Waals surface area (Å²) in [6.07, 6.45) is 1.41. The maximum absolute atomic E-state index is 12.6. The molecular formula is C21H31N3O3. The molecule has 0 spiro atoms. The summed E-state index contributed by atoms with van der Waals surface area (Å²) in [5.41, 5.74) is 0.661. The molecule has 2 fully saturated rings. The lowest BCUT2D eigenvalue weighted by atomic mass is 9.92. The molecule has 1 N–H and O–H groups in total. The molecule has 2 aliphatic rings. The molecule has 2 amide bonds. The Morgan fingerprint density at radius 1 is 0.963 bits per heavy atom. The highest BCUT2D eigenvalue weighted by molar-refractivity contribution is 5.80. The van der Waals surface area contributed by atoms with Crippen LogP contribution in [0.2, 0.25) is 0 Å². The molecular weight excluding hydrogens is 342 g/mol. The van der Waals surface area contributed by atoms with E-state index in [4.69, 9.17) is 0 Å². The Morgan fingerprint density at radius 2 is 1.59 bits per heavy atom. The number of phenolic OH excluding ortho intramolecular Hbond substituents is 1. The highest BCUT2D eigenvalue weighted by Gasteiger charge is 2.28. The van der Waals surface area contributed by atoms with Crippen molar-refractivity contribution < 1.29 is 14.7 Å². The van der Waals surface area contributed by atoms with Crippen molar-refractivity contribution in [2.75, 3.05) is 45.8 Å². The van der Waals surface area contributed by atoms with Crippen molar-refractivity contribution >= 4 is 11.8 Å². The Morgan fingerprint density at radius 3 is 2.22 bits per heavy atom. The van der Waals surface area contributed by atoms with Gasteiger partial charge in [0.05, 0.1) is 13.0 Å². The zero-order valence-electron chi connectivity index (χ0n) is 16.4. The summed E-state index contributed by atoms with van der Waals surface area (Å²) >= 11 is 0. The molecule has 6 nitrogen and oxygen atoms in total. The molecule has 2 aliphatic heterocycles. The maximum Gasteiger partial charge on any atom is 0.236 e. The van der Waals surface area contributed by atoms with E-state index in [1.54, 1.807) is 18.2 Å². The van der Waals surface area contributed by atoms with Gasteiger partial charge in [-0.15, -0.1) is 0 Å². The van der Waals surface area contributed by atoms with Gasteiger partial charge in [0.25, 0.3) is 0 Å². The lowest BCUT2D eigenvalue weighted by Gasteiger charge is -2.38. The molecule has 1 aromatic rings. The summed E-state index contributed by atoms with van der Waals surface area (Å²) in [7, 11) is 0. The van der Waals surface area contributed by atoms with Crippen LogP contribution in [0.15, 0.2) is 24.3 Å². The highest BCUT2D eigenvalue weighted by atomic mass is 16.3. The zero-order chi connectivity index (χ0) is 19.4. The van der Waals surface area contributed by atoms with E-state index in [1.807, 2.05) is 15.9 Å². The van der Waals surface area contributed by atoms with Crippen molar-refractivity contribution in [3.8, 4) is 5.75 Å². The van der Waals surface area contributed by atoms with E-state index in [1.165, 1.54) is 6.42 Å². The Hall–Kier alpha value is -2.08. The van der Waals surface area contributed by atoms with Gasteiger partial charge in [-0.1, -0.05) is 32.0 Å². The first kappa shape index (κ1) is 19.7. The third kappa shape index (κ3) is 5.22. The van der Waals surface area contributed by atoms with Gasteiger partial charge in [0.1, 0.15) is 5.75 Å². The monoisotopic (exact) mass is 373 g/mol. The van der Waals surface area contributed by atoms with Gasteiger partial charge in [0.2, 0.25) is 11.8 Å². The molecule has 0 bridgehead atoms. The number of hydrogen-bond acceptors (Lipinski definition) is 4. The number of aromatic hydroxyl groups is 1. The molecule has 2 atom stereocenters. The van der Waals surface area contributed by atoms with Gasteiger partial charge in [-0.3, -0.25) is 14.5 Å². The van der Waals surface area contributed by atoms with E-state index in [9.17, 15) is 14.7 Å². The highest BCUT2D eigenvalue weighted by Crippen LogP contribution is 2.21. The minimum absolute atomic E-state index is 0.0288. The number of carbonyl (C=O) groups excluding carboxylic acids is 2. The van der Waals surface area contributed by atoms with Gasteiger partial charge in [0.15, 0.2) is 0 Å². The number of piperidine rings is 1. The number of hydrogen-bond donors (Lipinski definition) is 1. The van der Waals surface area contributed by atoms with Crippen LogP contribution in [-0.2, 0) is 16.0 Å². The Balaban J connectivity index is 1.45. The van der Waals surface area contributed by atoms with Gasteiger partial charge in [-0.2, -0.15) is 0 Å². The third-order valence-electron chi connectivity index (χ3n) is 5.64. The van der Waals surface area contributed by atoms with Crippen molar-refractivity contribution in [3.63, 3.8) is 0 Å².